The fourth-order valence-corrected chi connectivity index (χ4v) is 2.78. The molecule has 0 spiro atoms. The Balaban J connectivity index is 0.00000200. The fourth-order valence-electron chi connectivity index (χ4n) is 2.08. The molecule has 1 aromatic heterocycles. The quantitative estimate of drug-likeness (QED) is 0.851. The summed E-state index contributed by atoms with van der Waals surface area (Å²) in [5, 5.41) is 1.91. The second-order valence-corrected chi connectivity index (χ2v) is 5.56. The van der Waals surface area contributed by atoms with Crippen LogP contribution in [0.5, 0.6) is 0 Å². The molecule has 20 heavy (non-hydrogen) atoms. The zero-order valence-electron chi connectivity index (χ0n) is 10.7. The molecule has 0 bridgehead atoms. The second kappa shape index (κ2) is 7.28. The molecule has 0 atom stereocenters. The molecule has 1 aromatic rings. The van der Waals surface area contributed by atoms with Gasteiger partial charge in [0.2, 0.25) is 5.91 Å². The minimum absolute atomic E-state index is 0. The van der Waals surface area contributed by atoms with E-state index in [0.717, 1.165) is 4.88 Å². The highest BCUT2D eigenvalue weighted by Crippen LogP contribution is 2.18. The van der Waals surface area contributed by atoms with Crippen LogP contribution in [-0.4, -0.2) is 54.6 Å². The number of carbonyl (C=O) groups is 1. The predicted molar refractivity (Wildman–Crippen MR) is 74.3 cm³/mol. The molecule has 2 rings (SSSR count). The van der Waals surface area contributed by atoms with Crippen LogP contribution in [0.2, 0.25) is 0 Å². The highest BCUT2D eigenvalue weighted by atomic mass is 35.5. The van der Waals surface area contributed by atoms with Gasteiger partial charge in [-0.15, -0.1) is 23.7 Å². The van der Waals surface area contributed by atoms with E-state index in [4.69, 9.17) is 0 Å². The number of carbonyl (C=O) groups excluding carboxylic acids is 1. The number of amides is 1. The summed E-state index contributed by atoms with van der Waals surface area (Å²) in [7, 11) is 0. The van der Waals surface area contributed by atoms with Gasteiger partial charge in [-0.05, 0) is 11.4 Å². The van der Waals surface area contributed by atoms with Gasteiger partial charge in [-0.25, -0.2) is 0 Å². The van der Waals surface area contributed by atoms with Crippen molar-refractivity contribution in [2.24, 2.45) is 0 Å². The van der Waals surface area contributed by atoms with E-state index in [1.165, 1.54) is 16.2 Å². The van der Waals surface area contributed by atoms with Gasteiger partial charge in [-0.3, -0.25) is 9.69 Å². The average Bonchev–Trinajstić information content (AvgIpc) is 2.80. The van der Waals surface area contributed by atoms with E-state index in [9.17, 15) is 18.0 Å². The lowest BCUT2D eigenvalue weighted by Gasteiger charge is -2.35. The molecule has 1 aliphatic rings. The summed E-state index contributed by atoms with van der Waals surface area (Å²) in [4.78, 5) is 15.9. The van der Waals surface area contributed by atoms with Crippen molar-refractivity contribution in [2.75, 3.05) is 32.7 Å². The maximum Gasteiger partial charge on any atom is 0.401 e. The number of thiophene rings is 1. The number of halogens is 4. The van der Waals surface area contributed by atoms with Crippen LogP contribution in [-0.2, 0) is 11.2 Å². The van der Waals surface area contributed by atoms with Crippen molar-refractivity contribution in [1.82, 2.24) is 9.80 Å². The summed E-state index contributed by atoms with van der Waals surface area (Å²) in [6, 6.07) is 3.77. The van der Waals surface area contributed by atoms with Gasteiger partial charge in [0.05, 0.1) is 13.0 Å². The van der Waals surface area contributed by atoms with Crippen LogP contribution in [0.15, 0.2) is 17.5 Å². The van der Waals surface area contributed by atoms with Crippen LogP contribution in [0.25, 0.3) is 0 Å². The van der Waals surface area contributed by atoms with Gasteiger partial charge in [0, 0.05) is 31.1 Å². The largest absolute Gasteiger partial charge is 0.401 e. The third kappa shape index (κ3) is 5.30. The molecule has 1 aliphatic heterocycles. The van der Waals surface area contributed by atoms with E-state index in [1.807, 2.05) is 17.5 Å². The van der Waals surface area contributed by atoms with Crippen LogP contribution in [0, 0.1) is 0 Å². The molecule has 0 saturated carbocycles. The summed E-state index contributed by atoms with van der Waals surface area (Å²) in [6.07, 6.45) is -3.82. The van der Waals surface area contributed by atoms with Crippen LogP contribution in [0.3, 0.4) is 0 Å². The monoisotopic (exact) mass is 328 g/mol. The van der Waals surface area contributed by atoms with Crippen molar-refractivity contribution in [2.45, 2.75) is 12.6 Å². The summed E-state index contributed by atoms with van der Waals surface area (Å²) in [5.41, 5.74) is 0. The SMILES string of the molecule is Cl.O=C(Cc1cccs1)N1CCN(CC(F)(F)F)CC1. The normalized spacial score (nSPS) is 16.9. The zero-order valence-corrected chi connectivity index (χ0v) is 12.4. The first-order chi connectivity index (χ1) is 8.94. The molecule has 0 aromatic carbocycles. The molecule has 1 amide bonds. The summed E-state index contributed by atoms with van der Waals surface area (Å²) in [6.45, 7) is 0.436. The first-order valence-electron chi connectivity index (χ1n) is 6.03. The Kier molecular flexibility index (Phi) is 6.29. The third-order valence-corrected chi connectivity index (χ3v) is 3.91. The number of piperazine rings is 1. The molecule has 3 nitrogen and oxygen atoms in total. The zero-order chi connectivity index (χ0) is 13.9. The third-order valence-electron chi connectivity index (χ3n) is 3.03. The Morgan fingerprint density at radius 2 is 1.90 bits per heavy atom. The van der Waals surface area contributed by atoms with Crippen molar-refractivity contribution < 1.29 is 18.0 Å². The van der Waals surface area contributed by atoms with Gasteiger partial charge in [0.25, 0.3) is 0 Å². The van der Waals surface area contributed by atoms with E-state index < -0.39 is 12.7 Å². The minimum atomic E-state index is -4.16. The van der Waals surface area contributed by atoms with E-state index in [-0.39, 0.29) is 31.4 Å². The number of hydrogen-bond donors (Lipinski definition) is 0. The summed E-state index contributed by atoms with van der Waals surface area (Å²) < 4.78 is 36.7. The van der Waals surface area contributed by atoms with Gasteiger partial charge < -0.3 is 4.90 Å². The minimum Gasteiger partial charge on any atom is -0.340 e. The molecule has 1 saturated heterocycles. The van der Waals surface area contributed by atoms with Crippen LogP contribution in [0.4, 0.5) is 13.2 Å². The lowest BCUT2D eigenvalue weighted by atomic mass is 10.2. The highest BCUT2D eigenvalue weighted by molar-refractivity contribution is 7.10. The Bertz CT molecular complexity index is 417. The Morgan fingerprint density at radius 3 is 2.40 bits per heavy atom. The average molecular weight is 329 g/mol. The lowest BCUT2D eigenvalue weighted by Crippen LogP contribution is -2.51. The topological polar surface area (TPSA) is 23.6 Å². The van der Waals surface area contributed by atoms with Crippen LogP contribution < -0.4 is 0 Å². The van der Waals surface area contributed by atoms with Gasteiger partial charge in [0.15, 0.2) is 0 Å². The van der Waals surface area contributed by atoms with Crippen molar-refractivity contribution in [3.05, 3.63) is 22.4 Å². The van der Waals surface area contributed by atoms with Crippen LogP contribution >= 0.6 is 23.7 Å². The van der Waals surface area contributed by atoms with E-state index in [1.54, 1.807) is 4.90 Å². The fraction of sp³-hybridized carbons (Fsp3) is 0.583. The molecular weight excluding hydrogens is 313 g/mol. The van der Waals surface area contributed by atoms with Gasteiger partial charge in [-0.1, -0.05) is 6.07 Å². The second-order valence-electron chi connectivity index (χ2n) is 4.53. The number of rotatable bonds is 3. The molecule has 1 fully saturated rings. The maximum absolute atomic E-state index is 12.2. The molecule has 0 unspecified atom stereocenters. The van der Waals surface area contributed by atoms with Gasteiger partial charge >= 0.3 is 6.18 Å². The summed E-state index contributed by atoms with van der Waals surface area (Å²) in [5.74, 6) is -0.00545. The van der Waals surface area contributed by atoms with Crippen LogP contribution in [0.1, 0.15) is 4.88 Å². The van der Waals surface area contributed by atoms with Crippen molar-refractivity contribution in [1.29, 1.82) is 0 Å². The molecule has 0 radical (unpaired) electrons. The number of nitrogens with zero attached hydrogens (tertiary/aromatic N) is 2. The number of hydrogen-bond acceptors (Lipinski definition) is 3. The first kappa shape index (κ1) is 17.3. The predicted octanol–water partition coefficient (Wildman–Crippen LogP) is 2.42. The summed E-state index contributed by atoms with van der Waals surface area (Å²) >= 11 is 1.52. The van der Waals surface area contributed by atoms with E-state index >= 15 is 0 Å². The standard InChI is InChI=1S/C12H15F3N2OS.ClH/c13-12(14,15)9-16-3-5-17(6-4-16)11(18)8-10-2-1-7-19-10;/h1-2,7H,3-6,8-9H2;1H. The smallest absolute Gasteiger partial charge is 0.340 e. The Morgan fingerprint density at radius 1 is 1.25 bits per heavy atom. The molecule has 8 heteroatoms. The first-order valence-corrected chi connectivity index (χ1v) is 6.91. The Hall–Kier alpha value is -0.790. The molecule has 0 aliphatic carbocycles. The Labute approximate surface area is 125 Å². The maximum atomic E-state index is 12.2. The van der Waals surface area contributed by atoms with Gasteiger partial charge in [0.1, 0.15) is 0 Å². The van der Waals surface area contributed by atoms with Gasteiger partial charge in [-0.2, -0.15) is 13.2 Å². The highest BCUT2D eigenvalue weighted by Gasteiger charge is 2.32. The van der Waals surface area contributed by atoms with Crippen molar-refractivity contribution >= 4 is 29.7 Å². The van der Waals surface area contributed by atoms with E-state index in [0.29, 0.717) is 19.5 Å². The lowest BCUT2D eigenvalue weighted by molar-refractivity contribution is -0.151. The van der Waals surface area contributed by atoms with E-state index in [2.05, 4.69) is 0 Å². The van der Waals surface area contributed by atoms with Crippen molar-refractivity contribution in [3.63, 3.8) is 0 Å². The van der Waals surface area contributed by atoms with Crippen molar-refractivity contribution in [3.8, 4) is 0 Å². The molecular formula is C12H16ClF3N2OS. The number of alkyl halides is 3. The molecule has 2 heterocycles. The molecule has 0 N–H and O–H groups in total. The molecule has 114 valence electrons.